The molecule has 0 saturated carbocycles. The molecule has 25 heavy (non-hydrogen) atoms. The van der Waals surface area contributed by atoms with Crippen LogP contribution >= 0.6 is 0 Å². The molecule has 2 heterocycles. The Kier molecular flexibility index (Phi) is 5.43. The summed E-state index contributed by atoms with van der Waals surface area (Å²) in [5.74, 6) is -0.715. The number of benzene rings is 1. The van der Waals surface area contributed by atoms with Gasteiger partial charge in [-0.25, -0.2) is 4.79 Å². The van der Waals surface area contributed by atoms with Crippen LogP contribution < -0.4 is 16.0 Å². The number of carbonyl (C=O) groups excluding carboxylic acids is 2. The zero-order valence-corrected chi connectivity index (χ0v) is 14.4. The van der Waals surface area contributed by atoms with Gasteiger partial charge in [-0.1, -0.05) is 18.2 Å². The Bertz CT molecular complexity index is 637. The molecule has 0 aromatic heterocycles. The van der Waals surface area contributed by atoms with Crippen LogP contribution in [0.4, 0.5) is 10.5 Å². The van der Waals surface area contributed by atoms with Gasteiger partial charge in [-0.2, -0.15) is 0 Å². The minimum atomic E-state index is -0.688. The number of aryl methyl sites for hydroxylation is 1. The Labute approximate surface area is 147 Å². The van der Waals surface area contributed by atoms with Crippen LogP contribution in [0.25, 0.3) is 0 Å². The van der Waals surface area contributed by atoms with Crippen molar-refractivity contribution in [3.63, 3.8) is 0 Å². The minimum absolute atomic E-state index is 0.107. The molecule has 1 fully saturated rings. The number of amides is 3. The lowest BCUT2D eigenvalue weighted by Gasteiger charge is -2.31. The van der Waals surface area contributed by atoms with E-state index in [1.165, 1.54) is 11.3 Å². The van der Waals surface area contributed by atoms with E-state index < -0.39 is 12.0 Å². The second-order valence-electron chi connectivity index (χ2n) is 6.85. The minimum Gasteiger partial charge on any atom is -0.391 e. The Hall–Kier alpha value is -2.28. The summed E-state index contributed by atoms with van der Waals surface area (Å²) in [6, 6.07) is 8.19. The molecule has 3 rings (SSSR count). The van der Waals surface area contributed by atoms with E-state index in [0.717, 1.165) is 25.9 Å². The number of likely N-dealkylation sites (tertiary alicyclic amines) is 1. The summed E-state index contributed by atoms with van der Waals surface area (Å²) in [4.78, 5) is 27.1. The summed E-state index contributed by atoms with van der Waals surface area (Å²) in [6.45, 7) is 2.90. The fraction of sp³-hybridized carbons (Fsp3) is 0.556. The van der Waals surface area contributed by atoms with Crippen molar-refractivity contribution in [3.8, 4) is 0 Å². The highest BCUT2D eigenvalue weighted by Crippen LogP contribution is 2.26. The van der Waals surface area contributed by atoms with E-state index >= 15 is 0 Å². The SMILES string of the molecule is NC(=O)C[C@@H]1CN(C(=O)NCCN2CCCc3ccccc32)C[C@H]1O. The maximum atomic E-state index is 12.3. The predicted octanol–water partition coefficient (Wildman–Crippen LogP) is 0.317. The number of primary amides is 1. The number of aliphatic hydroxyl groups excluding tert-OH is 1. The molecule has 7 heteroatoms. The van der Waals surface area contributed by atoms with E-state index in [0.29, 0.717) is 13.1 Å². The second-order valence-corrected chi connectivity index (χ2v) is 6.85. The van der Waals surface area contributed by atoms with Crippen molar-refractivity contribution < 1.29 is 14.7 Å². The van der Waals surface area contributed by atoms with Crippen molar-refractivity contribution >= 4 is 17.6 Å². The standard InChI is InChI=1S/C18H26N4O3/c19-17(24)10-14-11-22(12-16(14)23)18(25)20-7-9-21-8-3-5-13-4-1-2-6-15(13)21/h1-2,4,6,14,16,23H,3,5,7-12H2,(H2,19,24)(H,20,25)/t14-,16-/m1/s1. The predicted molar refractivity (Wildman–Crippen MR) is 95.3 cm³/mol. The first kappa shape index (κ1) is 17.5. The number of nitrogens with zero attached hydrogens (tertiary/aromatic N) is 2. The quantitative estimate of drug-likeness (QED) is 0.715. The van der Waals surface area contributed by atoms with Gasteiger partial charge < -0.3 is 26.0 Å². The molecule has 2 atom stereocenters. The summed E-state index contributed by atoms with van der Waals surface area (Å²) in [5.41, 5.74) is 7.79. The van der Waals surface area contributed by atoms with Gasteiger partial charge in [0.05, 0.1) is 6.10 Å². The summed E-state index contributed by atoms with van der Waals surface area (Å²) < 4.78 is 0. The molecule has 2 aliphatic rings. The van der Waals surface area contributed by atoms with Gasteiger partial charge in [-0.3, -0.25) is 4.79 Å². The third-order valence-electron chi connectivity index (χ3n) is 5.02. The summed E-state index contributed by atoms with van der Waals surface area (Å²) in [6.07, 6.45) is 1.65. The molecule has 0 spiro atoms. The highest BCUT2D eigenvalue weighted by Gasteiger charge is 2.34. The number of carbonyl (C=O) groups is 2. The zero-order chi connectivity index (χ0) is 17.8. The molecule has 7 nitrogen and oxygen atoms in total. The summed E-state index contributed by atoms with van der Waals surface area (Å²) >= 11 is 0. The van der Waals surface area contributed by atoms with Gasteiger partial charge in [0.25, 0.3) is 0 Å². The molecule has 4 N–H and O–H groups in total. The van der Waals surface area contributed by atoms with E-state index in [9.17, 15) is 14.7 Å². The number of nitrogens with two attached hydrogens (primary N) is 1. The third-order valence-corrected chi connectivity index (χ3v) is 5.02. The number of rotatable bonds is 5. The number of hydrogen-bond acceptors (Lipinski definition) is 4. The van der Waals surface area contributed by atoms with Crippen molar-refractivity contribution in [2.45, 2.75) is 25.4 Å². The largest absolute Gasteiger partial charge is 0.391 e. The van der Waals surface area contributed by atoms with E-state index in [1.807, 2.05) is 6.07 Å². The van der Waals surface area contributed by atoms with E-state index in [4.69, 9.17) is 5.73 Å². The van der Waals surface area contributed by atoms with Gasteiger partial charge >= 0.3 is 6.03 Å². The van der Waals surface area contributed by atoms with Gasteiger partial charge in [0.2, 0.25) is 5.91 Å². The highest BCUT2D eigenvalue weighted by molar-refractivity contribution is 5.76. The normalized spacial score (nSPS) is 22.6. The maximum absolute atomic E-state index is 12.3. The lowest BCUT2D eigenvalue weighted by Crippen LogP contribution is -2.43. The number of aliphatic hydroxyl groups is 1. The molecule has 1 saturated heterocycles. The Morgan fingerprint density at radius 2 is 2.08 bits per heavy atom. The average molecular weight is 346 g/mol. The Balaban J connectivity index is 1.47. The highest BCUT2D eigenvalue weighted by atomic mass is 16.3. The monoisotopic (exact) mass is 346 g/mol. The van der Waals surface area contributed by atoms with E-state index in [-0.39, 0.29) is 24.9 Å². The van der Waals surface area contributed by atoms with Crippen LogP contribution in [0.5, 0.6) is 0 Å². The Morgan fingerprint density at radius 1 is 1.28 bits per heavy atom. The van der Waals surface area contributed by atoms with Gasteiger partial charge in [-0.05, 0) is 24.5 Å². The number of para-hydroxylation sites is 1. The first-order valence-corrected chi connectivity index (χ1v) is 8.86. The molecule has 1 aromatic carbocycles. The average Bonchev–Trinajstić information content (AvgIpc) is 2.95. The molecule has 0 unspecified atom stereocenters. The molecule has 0 aliphatic carbocycles. The van der Waals surface area contributed by atoms with Crippen molar-refractivity contribution in [1.29, 1.82) is 0 Å². The van der Waals surface area contributed by atoms with Crippen LogP contribution in [0.15, 0.2) is 24.3 Å². The van der Waals surface area contributed by atoms with Gasteiger partial charge in [0.1, 0.15) is 0 Å². The molecule has 3 amide bonds. The van der Waals surface area contributed by atoms with Crippen LogP contribution in [-0.2, 0) is 11.2 Å². The first-order valence-electron chi connectivity index (χ1n) is 8.86. The van der Waals surface area contributed by atoms with Crippen molar-refractivity contribution in [1.82, 2.24) is 10.2 Å². The van der Waals surface area contributed by atoms with Gasteiger partial charge in [0.15, 0.2) is 0 Å². The van der Waals surface area contributed by atoms with E-state index in [1.54, 1.807) is 4.90 Å². The van der Waals surface area contributed by atoms with Crippen LogP contribution in [0.1, 0.15) is 18.4 Å². The molecule has 2 aliphatic heterocycles. The van der Waals surface area contributed by atoms with Crippen LogP contribution in [0, 0.1) is 5.92 Å². The van der Waals surface area contributed by atoms with E-state index in [2.05, 4.69) is 28.4 Å². The smallest absolute Gasteiger partial charge is 0.317 e. The molecule has 1 aromatic rings. The molecular formula is C18H26N4O3. The lowest BCUT2D eigenvalue weighted by molar-refractivity contribution is -0.119. The third kappa shape index (κ3) is 4.22. The molecule has 136 valence electrons. The van der Waals surface area contributed by atoms with Crippen LogP contribution in [0.3, 0.4) is 0 Å². The number of fused-ring (bicyclic) bond motifs is 1. The first-order chi connectivity index (χ1) is 12.0. The van der Waals surface area contributed by atoms with Gasteiger partial charge in [-0.15, -0.1) is 0 Å². The van der Waals surface area contributed by atoms with Gasteiger partial charge in [0, 0.05) is 50.7 Å². The van der Waals surface area contributed by atoms with Crippen molar-refractivity contribution in [2.75, 3.05) is 37.6 Å². The number of hydrogen-bond donors (Lipinski definition) is 3. The van der Waals surface area contributed by atoms with Crippen molar-refractivity contribution in [3.05, 3.63) is 29.8 Å². The number of β-amino-alcohol motifs (C(OH)–C–C–N with tert-alkyl or cyclic N) is 1. The summed E-state index contributed by atoms with van der Waals surface area (Å²) in [5, 5.41) is 12.9. The fourth-order valence-electron chi connectivity index (χ4n) is 3.73. The number of urea groups is 1. The Morgan fingerprint density at radius 3 is 2.88 bits per heavy atom. The van der Waals surface area contributed by atoms with Crippen LogP contribution in [-0.4, -0.2) is 60.8 Å². The molecule has 0 radical (unpaired) electrons. The zero-order valence-electron chi connectivity index (χ0n) is 14.4. The number of nitrogens with one attached hydrogen (secondary N) is 1. The van der Waals surface area contributed by atoms with Crippen molar-refractivity contribution in [2.24, 2.45) is 11.7 Å². The lowest BCUT2D eigenvalue weighted by atomic mass is 10.0. The molecular weight excluding hydrogens is 320 g/mol. The summed E-state index contributed by atoms with van der Waals surface area (Å²) in [7, 11) is 0. The fourth-order valence-corrected chi connectivity index (χ4v) is 3.73. The maximum Gasteiger partial charge on any atom is 0.317 e. The van der Waals surface area contributed by atoms with Crippen LogP contribution in [0.2, 0.25) is 0 Å². The topological polar surface area (TPSA) is 98.9 Å². The molecule has 0 bridgehead atoms. The second kappa shape index (κ2) is 7.74. The number of anilines is 1.